The van der Waals surface area contributed by atoms with Crippen molar-refractivity contribution in [3.63, 3.8) is 0 Å². The van der Waals surface area contributed by atoms with Crippen molar-refractivity contribution in [3.05, 3.63) is 36.4 Å². The Morgan fingerprint density at radius 3 is 3.14 bits per heavy atom. The smallest absolute Gasteiger partial charge is 0.178 e. The Hall–Kier alpha value is -2.48. The minimum atomic E-state index is 0.105. The van der Waals surface area contributed by atoms with Crippen LogP contribution >= 0.6 is 0 Å². The normalized spacial score (nSPS) is 19.0. The molecule has 0 radical (unpaired) electrons. The molecule has 1 atom stereocenters. The number of fused-ring (bicyclic) bond motifs is 1. The van der Waals surface area contributed by atoms with Crippen molar-refractivity contribution in [2.24, 2.45) is 0 Å². The molecule has 0 spiro atoms. The highest BCUT2D eigenvalue weighted by Crippen LogP contribution is 2.16. The highest BCUT2D eigenvalue weighted by molar-refractivity contribution is 5.46. The van der Waals surface area contributed by atoms with E-state index in [4.69, 9.17) is 4.74 Å². The first-order valence-electron chi connectivity index (χ1n) is 7.32. The molecular formula is C14H17N7O. The van der Waals surface area contributed by atoms with Crippen molar-refractivity contribution < 1.29 is 4.74 Å². The summed E-state index contributed by atoms with van der Waals surface area (Å²) in [5.41, 5.74) is 0.766. The van der Waals surface area contributed by atoms with E-state index < -0.39 is 0 Å². The fraction of sp³-hybridized carbons (Fsp3) is 0.429. The molecule has 1 saturated heterocycles. The van der Waals surface area contributed by atoms with Crippen LogP contribution in [0.25, 0.3) is 5.65 Å². The lowest BCUT2D eigenvalue weighted by atomic mass is 10.2. The Kier molecular flexibility index (Phi) is 3.23. The monoisotopic (exact) mass is 299 g/mol. The molecule has 3 aromatic heterocycles. The first-order valence-corrected chi connectivity index (χ1v) is 7.32. The summed E-state index contributed by atoms with van der Waals surface area (Å²) >= 11 is 0. The largest absolute Gasteiger partial charge is 0.373 e. The summed E-state index contributed by atoms with van der Waals surface area (Å²) in [6.07, 6.45) is 3.84. The molecule has 1 aliphatic heterocycles. The van der Waals surface area contributed by atoms with E-state index in [2.05, 4.69) is 25.3 Å². The second kappa shape index (κ2) is 5.38. The molecule has 114 valence electrons. The third kappa shape index (κ3) is 2.41. The molecule has 1 unspecified atom stereocenters. The SMILES string of the molecule is Cc1nnc2ccc(N3CCOC(Cn4cccn4)C3)nn12. The average Bonchev–Trinajstić information content (AvgIpc) is 3.18. The Balaban J connectivity index is 1.54. The van der Waals surface area contributed by atoms with E-state index in [0.29, 0.717) is 6.61 Å². The van der Waals surface area contributed by atoms with Crippen molar-refractivity contribution >= 4 is 11.5 Å². The third-order valence-electron chi connectivity index (χ3n) is 3.82. The van der Waals surface area contributed by atoms with E-state index in [1.807, 2.05) is 36.0 Å². The van der Waals surface area contributed by atoms with Gasteiger partial charge in [-0.2, -0.15) is 9.61 Å². The first-order chi connectivity index (χ1) is 10.8. The van der Waals surface area contributed by atoms with Gasteiger partial charge in [-0.3, -0.25) is 4.68 Å². The Morgan fingerprint density at radius 1 is 1.32 bits per heavy atom. The highest BCUT2D eigenvalue weighted by atomic mass is 16.5. The van der Waals surface area contributed by atoms with Gasteiger partial charge in [-0.25, -0.2) is 0 Å². The van der Waals surface area contributed by atoms with Crippen LogP contribution in [0.5, 0.6) is 0 Å². The van der Waals surface area contributed by atoms with E-state index in [1.54, 1.807) is 10.7 Å². The van der Waals surface area contributed by atoms with Crippen LogP contribution in [0, 0.1) is 6.92 Å². The molecule has 3 aromatic rings. The minimum Gasteiger partial charge on any atom is -0.373 e. The Labute approximate surface area is 127 Å². The van der Waals surface area contributed by atoms with Gasteiger partial charge < -0.3 is 9.64 Å². The maximum Gasteiger partial charge on any atom is 0.178 e. The van der Waals surface area contributed by atoms with Gasteiger partial charge in [0.15, 0.2) is 11.5 Å². The lowest BCUT2D eigenvalue weighted by Crippen LogP contribution is -2.44. The molecule has 0 N–H and O–H groups in total. The number of ether oxygens (including phenoxy) is 1. The number of morpholine rings is 1. The van der Waals surface area contributed by atoms with Gasteiger partial charge in [-0.15, -0.1) is 15.3 Å². The number of aryl methyl sites for hydroxylation is 1. The molecule has 4 rings (SSSR count). The number of aromatic nitrogens is 6. The molecule has 0 aromatic carbocycles. The van der Waals surface area contributed by atoms with E-state index in [1.165, 1.54) is 0 Å². The molecule has 0 amide bonds. The molecule has 0 aliphatic carbocycles. The molecular weight excluding hydrogens is 282 g/mol. The highest BCUT2D eigenvalue weighted by Gasteiger charge is 2.22. The van der Waals surface area contributed by atoms with E-state index in [9.17, 15) is 0 Å². The van der Waals surface area contributed by atoms with Crippen LogP contribution in [0.1, 0.15) is 5.82 Å². The quantitative estimate of drug-likeness (QED) is 0.702. The predicted molar refractivity (Wildman–Crippen MR) is 79.7 cm³/mol. The van der Waals surface area contributed by atoms with E-state index in [-0.39, 0.29) is 6.10 Å². The van der Waals surface area contributed by atoms with Crippen LogP contribution in [0.15, 0.2) is 30.6 Å². The minimum absolute atomic E-state index is 0.105. The van der Waals surface area contributed by atoms with Gasteiger partial charge >= 0.3 is 0 Å². The molecule has 1 fully saturated rings. The third-order valence-corrected chi connectivity index (χ3v) is 3.82. The summed E-state index contributed by atoms with van der Waals surface area (Å²) in [5.74, 6) is 1.71. The lowest BCUT2D eigenvalue weighted by Gasteiger charge is -2.33. The lowest BCUT2D eigenvalue weighted by molar-refractivity contribution is 0.0271. The summed E-state index contributed by atoms with van der Waals surface area (Å²) in [6, 6.07) is 5.85. The molecule has 22 heavy (non-hydrogen) atoms. The van der Waals surface area contributed by atoms with Crippen molar-refractivity contribution in [1.29, 1.82) is 0 Å². The van der Waals surface area contributed by atoms with Crippen LogP contribution in [0.4, 0.5) is 5.82 Å². The van der Waals surface area contributed by atoms with Gasteiger partial charge in [0.05, 0.1) is 19.3 Å². The summed E-state index contributed by atoms with van der Waals surface area (Å²) in [4.78, 5) is 2.23. The summed E-state index contributed by atoms with van der Waals surface area (Å²) < 4.78 is 9.51. The van der Waals surface area contributed by atoms with E-state index in [0.717, 1.165) is 36.9 Å². The Bertz CT molecular complexity index is 767. The Morgan fingerprint density at radius 2 is 2.27 bits per heavy atom. The topological polar surface area (TPSA) is 73.4 Å². The number of hydrogen-bond donors (Lipinski definition) is 0. The number of nitrogens with zero attached hydrogens (tertiary/aromatic N) is 7. The molecule has 8 nitrogen and oxygen atoms in total. The molecule has 0 bridgehead atoms. The molecule has 8 heteroatoms. The second-order valence-corrected chi connectivity index (χ2v) is 5.38. The summed E-state index contributed by atoms with van der Waals surface area (Å²) in [7, 11) is 0. The van der Waals surface area contributed by atoms with Crippen LogP contribution < -0.4 is 4.90 Å². The molecule has 0 saturated carbocycles. The predicted octanol–water partition coefficient (Wildman–Crippen LogP) is 0.535. The van der Waals surface area contributed by atoms with Gasteiger partial charge in [0, 0.05) is 25.5 Å². The zero-order valence-electron chi connectivity index (χ0n) is 12.3. The van der Waals surface area contributed by atoms with Gasteiger partial charge in [-0.1, -0.05) is 0 Å². The van der Waals surface area contributed by atoms with Crippen LogP contribution in [0.2, 0.25) is 0 Å². The van der Waals surface area contributed by atoms with Crippen molar-refractivity contribution in [2.45, 2.75) is 19.6 Å². The maximum atomic E-state index is 5.84. The first kappa shape index (κ1) is 13.2. The number of rotatable bonds is 3. The zero-order chi connectivity index (χ0) is 14.9. The summed E-state index contributed by atoms with van der Waals surface area (Å²) in [5, 5.41) is 17.0. The van der Waals surface area contributed by atoms with Crippen LogP contribution in [0.3, 0.4) is 0 Å². The number of anilines is 1. The van der Waals surface area contributed by atoms with E-state index >= 15 is 0 Å². The van der Waals surface area contributed by atoms with Crippen molar-refractivity contribution in [1.82, 2.24) is 29.6 Å². The van der Waals surface area contributed by atoms with Gasteiger partial charge in [0.25, 0.3) is 0 Å². The average molecular weight is 299 g/mol. The molecule has 1 aliphatic rings. The van der Waals surface area contributed by atoms with Gasteiger partial charge in [0.2, 0.25) is 0 Å². The van der Waals surface area contributed by atoms with Crippen LogP contribution in [-0.2, 0) is 11.3 Å². The van der Waals surface area contributed by atoms with Crippen LogP contribution in [-0.4, -0.2) is 55.4 Å². The van der Waals surface area contributed by atoms with Crippen molar-refractivity contribution in [3.8, 4) is 0 Å². The fourth-order valence-corrected chi connectivity index (χ4v) is 2.71. The summed E-state index contributed by atoms with van der Waals surface area (Å²) in [6.45, 7) is 4.95. The zero-order valence-corrected chi connectivity index (χ0v) is 12.3. The van der Waals surface area contributed by atoms with Gasteiger partial charge in [-0.05, 0) is 25.1 Å². The van der Waals surface area contributed by atoms with Gasteiger partial charge in [0.1, 0.15) is 5.82 Å². The second-order valence-electron chi connectivity index (χ2n) is 5.38. The van der Waals surface area contributed by atoms with Crippen molar-refractivity contribution in [2.75, 3.05) is 24.6 Å². The maximum absolute atomic E-state index is 5.84. The standard InChI is InChI=1S/C14H17N7O/c1-11-16-17-13-3-4-14(18-21(11)13)19-7-8-22-12(9-19)10-20-6-2-5-15-20/h2-6,12H,7-10H2,1H3. The molecule has 4 heterocycles. The number of hydrogen-bond acceptors (Lipinski definition) is 6. The fourth-order valence-electron chi connectivity index (χ4n) is 2.71.